The third kappa shape index (κ3) is 5.37. The van der Waals surface area contributed by atoms with Gasteiger partial charge in [0.25, 0.3) is 5.91 Å². The van der Waals surface area contributed by atoms with Crippen molar-refractivity contribution in [3.8, 4) is 0 Å². The number of furan rings is 1. The molecule has 0 spiro atoms. The van der Waals surface area contributed by atoms with Crippen molar-refractivity contribution in [1.82, 2.24) is 15.5 Å². The third-order valence-electron chi connectivity index (χ3n) is 3.86. The summed E-state index contributed by atoms with van der Waals surface area (Å²) in [5, 5.41) is 5.41. The van der Waals surface area contributed by atoms with Crippen LogP contribution in [0.1, 0.15) is 31.1 Å². The Morgan fingerprint density at radius 2 is 2.00 bits per heavy atom. The molecule has 2 amide bonds. The highest BCUT2D eigenvalue weighted by Crippen LogP contribution is 2.13. The molecule has 2 N–H and O–H groups in total. The second kappa shape index (κ2) is 8.12. The maximum absolute atomic E-state index is 11.8. The van der Waals surface area contributed by atoms with E-state index in [1.54, 1.807) is 6.07 Å². The molecule has 2 rings (SSSR count). The van der Waals surface area contributed by atoms with Crippen molar-refractivity contribution in [2.75, 3.05) is 26.2 Å². The van der Waals surface area contributed by atoms with Gasteiger partial charge in [0.2, 0.25) is 5.91 Å². The number of nitrogens with one attached hydrogen (secondary N) is 2. The van der Waals surface area contributed by atoms with Gasteiger partial charge in [0.15, 0.2) is 0 Å². The Bertz CT molecular complexity index is 507. The summed E-state index contributed by atoms with van der Waals surface area (Å²) in [5.74, 6) is -0.527. The van der Waals surface area contributed by atoms with Crippen LogP contribution < -0.4 is 10.6 Å². The van der Waals surface area contributed by atoms with Gasteiger partial charge in [-0.25, -0.2) is 0 Å². The molecule has 23 heavy (non-hydrogen) atoms. The first kappa shape index (κ1) is 17.5. The van der Waals surface area contributed by atoms with E-state index in [1.807, 2.05) is 0 Å². The molecule has 128 valence electrons. The molecule has 1 fully saturated rings. The highest BCUT2D eigenvalue weighted by atomic mass is 16.5. The number of hydrogen-bond donors (Lipinski definition) is 2. The quantitative estimate of drug-likeness (QED) is 0.802. The molecule has 7 nitrogen and oxygen atoms in total. The number of carbonyl (C=O) groups is 2. The number of carbonyl (C=O) groups excluding carboxylic acids is 2. The van der Waals surface area contributed by atoms with Crippen LogP contribution in [0.4, 0.5) is 0 Å². The van der Waals surface area contributed by atoms with Crippen LogP contribution in [0, 0.1) is 0 Å². The molecule has 7 heteroatoms. The predicted octanol–water partition coefficient (Wildman–Crippen LogP) is 0.623. The van der Waals surface area contributed by atoms with Crippen LogP contribution in [0.15, 0.2) is 23.0 Å². The Labute approximate surface area is 136 Å². The second-order valence-electron chi connectivity index (χ2n) is 6.06. The zero-order chi connectivity index (χ0) is 16.8. The summed E-state index contributed by atoms with van der Waals surface area (Å²) < 4.78 is 10.5. The molecule has 0 radical (unpaired) electrons. The maximum atomic E-state index is 11.8. The lowest BCUT2D eigenvalue weighted by molar-refractivity contribution is -0.120. The van der Waals surface area contributed by atoms with Crippen LogP contribution >= 0.6 is 0 Å². The molecule has 1 aliphatic rings. The fraction of sp³-hybridized carbons (Fsp3) is 0.625. The minimum absolute atomic E-state index is 0.0490. The summed E-state index contributed by atoms with van der Waals surface area (Å²) in [6, 6.07) is 1.77. The molecule has 0 aliphatic carbocycles. The molecular weight excluding hydrogens is 298 g/mol. The van der Waals surface area contributed by atoms with Gasteiger partial charge in [0, 0.05) is 25.7 Å². The average molecular weight is 323 g/mol. The molecule has 0 saturated carbocycles. The van der Waals surface area contributed by atoms with Gasteiger partial charge in [0.1, 0.15) is 6.26 Å². The number of ether oxygens (including phenoxy) is 1. The molecular formula is C16H25N3O4. The fourth-order valence-electron chi connectivity index (χ4n) is 2.69. The van der Waals surface area contributed by atoms with Crippen molar-refractivity contribution in [1.29, 1.82) is 0 Å². The normalized spacial score (nSPS) is 23.3. The topological polar surface area (TPSA) is 83.8 Å². The van der Waals surface area contributed by atoms with E-state index < -0.39 is 0 Å². The summed E-state index contributed by atoms with van der Waals surface area (Å²) >= 11 is 0. The van der Waals surface area contributed by atoms with Crippen molar-refractivity contribution >= 4 is 11.8 Å². The zero-order valence-electron chi connectivity index (χ0n) is 13.9. The first-order chi connectivity index (χ1) is 11.0. The van der Waals surface area contributed by atoms with Gasteiger partial charge in [-0.3, -0.25) is 14.5 Å². The Balaban J connectivity index is 1.68. The van der Waals surface area contributed by atoms with Gasteiger partial charge in [0.05, 0.1) is 30.6 Å². The number of hydrogen-bond acceptors (Lipinski definition) is 5. The molecule has 1 aromatic rings. The van der Waals surface area contributed by atoms with Crippen LogP contribution in [0.5, 0.6) is 0 Å². The predicted molar refractivity (Wildman–Crippen MR) is 85.1 cm³/mol. The highest BCUT2D eigenvalue weighted by molar-refractivity contribution is 5.96. The van der Waals surface area contributed by atoms with Gasteiger partial charge < -0.3 is 19.8 Å². The van der Waals surface area contributed by atoms with Crippen LogP contribution in [0.3, 0.4) is 0 Å². The minimum Gasteiger partial charge on any atom is -0.472 e. The van der Waals surface area contributed by atoms with Crippen LogP contribution in [0.25, 0.3) is 0 Å². The number of morpholine rings is 1. The lowest BCUT2D eigenvalue weighted by atomic mass is 10.1. The van der Waals surface area contributed by atoms with Crippen molar-refractivity contribution in [3.05, 3.63) is 24.2 Å². The molecule has 2 heterocycles. The van der Waals surface area contributed by atoms with Crippen molar-refractivity contribution in [2.45, 2.75) is 39.0 Å². The minimum atomic E-state index is -0.322. The van der Waals surface area contributed by atoms with Crippen molar-refractivity contribution < 1.29 is 18.7 Å². The molecule has 1 saturated heterocycles. The van der Waals surface area contributed by atoms with E-state index in [0.717, 1.165) is 13.1 Å². The van der Waals surface area contributed by atoms with E-state index in [1.165, 1.54) is 12.5 Å². The Kier molecular flexibility index (Phi) is 6.18. The van der Waals surface area contributed by atoms with E-state index in [-0.39, 0.29) is 36.6 Å². The van der Waals surface area contributed by atoms with E-state index in [2.05, 4.69) is 36.3 Å². The highest BCUT2D eigenvalue weighted by Gasteiger charge is 2.25. The largest absolute Gasteiger partial charge is 0.472 e. The first-order valence-electron chi connectivity index (χ1n) is 7.92. The van der Waals surface area contributed by atoms with Gasteiger partial charge in [-0.2, -0.15) is 0 Å². The Morgan fingerprint density at radius 3 is 2.61 bits per heavy atom. The maximum Gasteiger partial charge on any atom is 0.254 e. The first-order valence-corrected chi connectivity index (χ1v) is 7.92. The smallest absolute Gasteiger partial charge is 0.254 e. The molecule has 3 atom stereocenters. The standard InChI is InChI=1S/C16H25N3O4/c1-11(19-8-12(2)23-13(3)9-19)6-17-15(20)7-18-16(21)14-4-5-22-10-14/h4-5,10-13H,6-9H2,1-3H3,(H,17,20)(H,18,21). The summed E-state index contributed by atoms with van der Waals surface area (Å²) in [6.45, 7) is 8.40. The van der Waals surface area contributed by atoms with Crippen molar-refractivity contribution in [2.24, 2.45) is 0 Å². The molecule has 0 bridgehead atoms. The number of nitrogens with zero attached hydrogens (tertiary/aromatic N) is 1. The van der Waals surface area contributed by atoms with Crippen LogP contribution in [0.2, 0.25) is 0 Å². The van der Waals surface area contributed by atoms with E-state index in [0.29, 0.717) is 12.1 Å². The van der Waals surface area contributed by atoms with E-state index >= 15 is 0 Å². The summed E-state index contributed by atoms with van der Waals surface area (Å²) in [6.07, 6.45) is 3.16. The molecule has 1 aliphatic heterocycles. The third-order valence-corrected chi connectivity index (χ3v) is 3.86. The average Bonchev–Trinajstić information content (AvgIpc) is 3.03. The van der Waals surface area contributed by atoms with E-state index in [9.17, 15) is 9.59 Å². The fourth-order valence-corrected chi connectivity index (χ4v) is 2.69. The summed E-state index contributed by atoms with van der Waals surface area (Å²) in [5.41, 5.74) is 0.405. The van der Waals surface area contributed by atoms with Gasteiger partial charge >= 0.3 is 0 Å². The monoisotopic (exact) mass is 323 g/mol. The second-order valence-corrected chi connectivity index (χ2v) is 6.06. The number of rotatable bonds is 6. The number of amides is 2. The molecule has 3 unspecified atom stereocenters. The Hall–Kier alpha value is -1.86. The van der Waals surface area contributed by atoms with Crippen molar-refractivity contribution in [3.63, 3.8) is 0 Å². The lowest BCUT2D eigenvalue weighted by Crippen LogP contribution is -2.52. The van der Waals surface area contributed by atoms with Crippen LogP contribution in [-0.2, 0) is 9.53 Å². The van der Waals surface area contributed by atoms with E-state index in [4.69, 9.17) is 9.15 Å². The summed E-state index contributed by atoms with van der Waals surface area (Å²) in [4.78, 5) is 25.8. The molecule has 1 aromatic heterocycles. The van der Waals surface area contributed by atoms with Crippen LogP contribution in [-0.4, -0.2) is 61.1 Å². The SMILES string of the molecule is CC1CN(C(C)CNC(=O)CNC(=O)c2ccoc2)CC(C)O1. The van der Waals surface area contributed by atoms with Gasteiger partial charge in [-0.1, -0.05) is 0 Å². The Morgan fingerprint density at radius 1 is 1.30 bits per heavy atom. The lowest BCUT2D eigenvalue weighted by Gasteiger charge is -2.39. The summed E-state index contributed by atoms with van der Waals surface area (Å²) in [7, 11) is 0. The zero-order valence-corrected chi connectivity index (χ0v) is 13.9. The molecule has 0 aromatic carbocycles. The van der Waals surface area contributed by atoms with Gasteiger partial charge in [-0.15, -0.1) is 0 Å². The van der Waals surface area contributed by atoms with Gasteiger partial charge in [-0.05, 0) is 26.8 Å².